The van der Waals surface area contributed by atoms with Crippen LogP contribution in [0.4, 0.5) is 10.5 Å². The number of para-hydroxylation sites is 1. The molecule has 98 valence electrons. The summed E-state index contributed by atoms with van der Waals surface area (Å²) in [6.45, 7) is 0.128. The van der Waals surface area contributed by atoms with Crippen molar-refractivity contribution in [2.75, 3.05) is 23.0 Å². The molecule has 0 saturated heterocycles. The minimum atomic E-state index is -0.564. The second-order valence-corrected chi connectivity index (χ2v) is 4.37. The Kier molecular flexibility index (Phi) is 7.16. The van der Waals surface area contributed by atoms with Crippen LogP contribution >= 0.6 is 22.6 Å². The van der Waals surface area contributed by atoms with E-state index in [0.29, 0.717) is 16.5 Å². The summed E-state index contributed by atoms with van der Waals surface area (Å²) < 4.78 is 10.4. The molecule has 0 aliphatic carbocycles. The van der Waals surface area contributed by atoms with E-state index in [1.165, 1.54) is 0 Å². The van der Waals surface area contributed by atoms with Gasteiger partial charge >= 0.3 is 12.1 Å². The quantitative estimate of drug-likeness (QED) is 0.365. The largest absolute Gasteiger partial charge is 0.462 e. The molecule has 0 atom stereocenters. The second kappa shape index (κ2) is 8.73. The van der Waals surface area contributed by atoms with Gasteiger partial charge in [0, 0.05) is 10.1 Å². The summed E-state index contributed by atoms with van der Waals surface area (Å²) in [4.78, 5) is 22.3. The van der Waals surface area contributed by atoms with Gasteiger partial charge in [0.15, 0.2) is 0 Å². The SMILES string of the molecule is O=C(CCI)OCCOC(=O)Nc1ccccc1. The normalized spacial score (nSPS) is 9.61. The zero-order valence-electron chi connectivity index (χ0n) is 9.73. The molecule has 1 aromatic rings. The standard InChI is InChI=1S/C12H14INO4/c13-7-6-11(15)17-8-9-18-12(16)14-10-4-2-1-3-5-10/h1-5H,6-9H2,(H,14,16). The Bertz CT molecular complexity index is 383. The van der Waals surface area contributed by atoms with Gasteiger partial charge in [-0.1, -0.05) is 40.8 Å². The van der Waals surface area contributed by atoms with E-state index in [-0.39, 0.29) is 19.2 Å². The van der Waals surface area contributed by atoms with Crippen LogP contribution in [0.25, 0.3) is 0 Å². The van der Waals surface area contributed by atoms with E-state index in [0.717, 1.165) is 0 Å². The van der Waals surface area contributed by atoms with Crippen molar-refractivity contribution in [1.29, 1.82) is 0 Å². The number of anilines is 1. The predicted molar refractivity (Wildman–Crippen MR) is 75.9 cm³/mol. The van der Waals surface area contributed by atoms with Gasteiger partial charge in [-0.2, -0.15) is 0 Å². The Morgan fingerprint density at radius 3 is 2.44 bits per heavy atom. The molecule has 0 heterocycles. The van der Waals surface area contributed by atoms with Crippen LogP contribution in [0.3, 0.4) is 0 Å². The molecule has 1 N–H and O–H groups in total. The van der Waals surface area contributed by atoms with Crippen molar-refractivity contribution in [3.63, 3.8) is 0 Å². The number of carbonyl (C=O) groups excluding carboxylic acids is 2. The molecule has 5 nitrogen and oxygen atoms in total. The van der Waals surface area contributed by atoms with Crippen molar-refractivity contribution in [3.8, 4) is 0 Å². The summed E-state index contributed by atoms with van der Waals surface area (Å²) in [6, 6.07) is 8.97. The van der Waals surface area contributed by atoms with E-state index in [9.17, 15) is 9.59 Å². The highest BCUT2D eigenvalue weighted by Crippen LogP contribution is 2.05. The summed E-state index contributed by atoms with van der Waals surface area (Å²) in [5.74, 6) is -0.281. The van der Waals surface area contributed by atoms with Gasteiger partial charge < -0.3 is 9.47 Å². The fourth-order valence-corrected chi connectivity index (χ4v) is 1.56. The van der Waals surface area contributed by atoms with E-state index in [2.05, 4.69) is 27.9 Å². The second-order valence-electron chi connectivity index (χ2n) is 3.29. The fourth-order valence-electron chi connectivity index (χ4n) is 1.11. The molecule has 1 rings (SSSR count). The minimum Gasteiger partial charge on any atom is -0.462 e. The van der Waals surface area contributed by atoms with Crippen LogP contribution in [-0.4, -0.2) is 29.7 Å². The van der Waals surface area contributed by atoms with Crippen molar-refractivity contribution in [2.24, 2.45) is 0 Å². The lowest BCUT2D eigenvalue weighted by molar-refractivity contribution is -0.144. The van der Waals surface area contributed by atoms with Crippen LogP contribution in [0.2, 0.25) is 0 Å². The van der Waals surface area contributed by atoms with E-state index in [1.54, 1.807) is 24.3 Å². The van der Waals surface area contributed by atoms with Crippen LogP contribution < -0.4 is 5.32 Å². The number of benzene rings is 1. The van der Waals surface area contributed by atoms with Crippen molar-refractivity contribution in [3.05, 3.63) is 30.3 Å². The number of ether oxygens (including phenoxy) is 2. The Labute approximate surface area is 119 Å². The Balaban J connectivity index is 2.12. The van der Waals surface area contributed by atoms with Crippen molar-refractivity contribution >= 4 is 40.3 Å². The monoisotopic (exact) mass is 363 g/mol. The molecule has 0 radical (unpaired) electrons. The summed E-state index contributed by atoms with van der Waals surface area (Å²) >= 11 is 2.09. The van der Waals surface area contributed by atoms with E-state index in [4.69, 9.17) is 9.47 Å². The average molecular weight is 363 g/mol. The molecule has 0 aliphatic heterocycles. The molecule has 0 fully saturated rings. The first-order valence-electron chi connectivity index (χ1n) is 5.43. The maximum Gasteiger partial charge on any atom is 0.411 e. The third kappa shape index (κ3) is 6.43. The Morgan fingerprint density at radius 2 is 1.78 bits per heavy atom. The molecule has 18 heavy (non-hydrogen) atoms. The van der Waals surface area contributed by atoms with Crippen molar-refractivity contribution in [1.82, 2.24) is 0 Å². The van der Waals surface area contributed by atoms with Gasteiger partial charge in [0.25, 0.3) is 0 Å². The number of nitrogens with one attached hydrogen (secondary N) is 1. The molecular formula is C12H14INO4. The number of rotatable bonds is 6. The topological polar surface area (TPSA) is 64.6 Å². The molecule has 0 spiro atoms. The number of hydrogen-bond donors (Lipinski definition) is 1. The Morgan fingerprint density at radius 1 is 1.11 bits per heavy atom. The highest BCUT2D eigenvalue weighted by molar-refractivity contribution is 14.1. The maximum atomic E-state index is 11.3. The first-order chi connectivity index (χ1) is 8.72. The van der Waals surface area contributed by atoms with Crippen LogP contribution in [0.15, 0.2) is 30.3 Å². The predicted octanol–water partition coefficient (Wildman–Crippen LogP) is 2.60. The molecule has 6 heteroatoms. The number of alkyl halides is 1. The molecule has 0 unspecified atom stereocenters. The lowest BCUT2D eigenvalue weighted by Crippen LogP contribution is -2.18. The summed E-state index contributed by atoms with van der Waals surface area (Å²) in [5.41, 5.74) is 0.657. The number of esters is 1. The number of hydrogen-bond acceptors (Lipinski definition) is 4. The van der Waals surface area contributed by atoms with Gasteiger partial charge in [-0.3, -0.25) is 10.1 Å². The summed E-state index contributed by atoms with van der Waals surface area (Å²) in [5, 5.41) is 2.55. The lowest BCUT2D eigenvalue weighted by Gasteiger charge is -2.07. The first kappa shape index (κ1) is 14.7. The van der Waals surface area contributed by atoms with Crippen LogP contribution in [0.1, 0.15) is 6.42 Å². The maximum absolute atomic E-state index is 11.3. The molecular weight excluding hydrogens is 349 g/mol. The van der Waals surface area contributed by atoms with Crippen molar-refractivity contribution in [2.45, 2.75) is 6.42 Å². The van der Waals surface area contributed by atoms with Gasteiger partial charge in [-0.25, -0.2) is 4.79 Å². The van der Waals surface area contributed by atoms with E-state index >= 15 is 0 Å². The first-order valence-corrected chi connectivity index (χ1v) is 6.95. The highest BCUT2D eigenvalue weighted by atomic mass is 127. The van der Waals surface area contributed by atoms with Gasteiger partial charge in [0.05, 0.1) is 6.42 Å². The van der Waals surface area contributed by atoms with Crippen molar-refractivity contribution < 1.29 is 19.1 Å². The third-order valence-electron chi connectivity index (χ3n) is 1.90. The Hall–Kier alpha value is -1.31. The van der Waals surface area contributed by atoms with Crippen LogP contribution in [0.5, 0.6) is 0 Å². The van der Waals surface area contributed by atoms with E-state index < -0.39 is 6.09 Å². The highest BCUT2D eigenvalue weighted by Gasteiger charge is 2.04. The minimum absolute atomic E-state index is 0.0473. The van der Waals surface area contributed by atoms with Gasteiger partial charge in [0.2, 0.25) is 0 Å². The molecule has 0 saturated carbocycles. The lowest BCUT2D eigenvalue weighted by atomic mass is 10.3. The molecule has 0 aromatic heterocycles. The molecule has 1 aromatic carbocycles. The van der Waals surface area contributed by atoms with Crippen LogP contribution in [0, 0.1) is 0 Å². The number of halogens is 1. The van der Waals surface area contributed by atoms with Gasteiger partial charge in [-0.05, 0) is 12.1 Å². The van der Waals surface area contributed by atoms with Crippen LogP contribution in [-0.2, 0) is 14.3 Å². The molecule has 1 amide bonds. The molecule has 0 bridgehead atoms. The smallest absolute Gasteiger partial charge is 0.411 e. The van der Waals surface area contributed by atoms with Gasteiger partial charge in [-0.15, -0.1) is 0 Å². The zero-order chi connectivity index (χ0) is 13.2. The number of amides is 1. The average Bonchev–Trinajstić information content (AvgIpc) is 2.36. The fraction of sp³-hybridized carbons (Fsp3) is 0.333. The summed E-state index contributed by atoms with van der Waals surface area (Å²) in [7, 11) is 0. The van der Waals surface area contributed by atoms with Gasteiger partial charge in [0.1, 0.15) is 13.2 Å². The van der Waals surface area contributed by atoms with E-state index in [1.807, 2.05) is 6.07 Å². The third-order valence-corrected chi connectivity index (χ3v) is 2.44. The zero-order valence-corrected chi connectivity index (χ0v) is 11.9. The summed E-state index contributed by atoms with van der Waals surface area (Å²) in [6.07, 6.45) is -0.192. The molecule has 0 aliphatic rings. The number of carbonyl (C=O) groups is 2.